The largest absolute Gasteiger partial charge is 1.00 e. The third-order valence-corrected chi connectivity index (χ3v) is 22.2. The molecule has 0 amide bonds. The van der Waals surface area contributed by atoms with Gasteiger partial charge in [0.05, 0.1) is 167 Å². The number of benzene rings is 8. The van der Waals surface area contributed by atoms with Crippen LogP contribution in [-0.2, 0) is 52.6 Å². The van der Waals surface area contributed by atoms with Crippen LogP contribution in [0.4, 0.5) is 22.7 Å². The first-order valence-corrected chi connectivity index (χ1v) is 42.7. The second-order valence-electron chi connectivity index (χ2n) is 31.9. The monoisotopic (exact) mass is 1880 g/mol. The summed E-state index contributed by atoms with van der Waals surface area (Å²) >= 11 is 0. The predicted octanol–water partition coefficient (Wildman–Crippen LogP) is 8.32. The predicted molar refractivity (Wildman–Crippen MR) is 506 cm³/mol. The Hall–Kier alpha value is -15.1. The number of H-pyrrole nitrogens is 1. The van der Waals surface area contributed by atoms with E-state index in [1.807, 2.05) is 159 Å². The van der Waals surface area contributed by atoms with Gasteiger partial charge < -0.3 is 59.2 Å². The van der Waals surface area contributed by atoms with Gasteiger partial charge in [0.15, 0.2) is 0 Å². The summed E-state index contributed by atoms with van der Waals surface area (Å²) in [5, 5.41) is 107. The topological polar surface area (TPSA) is 529 Å². The molecule has 2 fully saturated rings. The van der Waals surface area contributed by atoms with Crippen molar-refractivity contribution in [3.05, 3.63) is 323 Å². The molecule has 136 heavy (non-hydrogen) atoms. The van der Waals surface area contributed by atoms with E-state index in [2.05, 4.69) is 53.7 Å². The van der Waals surface area contributed by atoms with E-state index in [1.54, 1.807) is 25.3 Å². The molecule has 2 aliphatic rings. The number of aliphatic hydroxyl groups excluding tert-OH is 2. The fourth-order valence-corrected chi connectivity index (χ4v) is 15.5. The minimum atomic E-state index is -3.66. The quantitative estimate of drug-likeness (QED) is 0.0163. The molecule has 2 aliphatic heterocycles. The van der Waals surface area contributed by atoms with Crippen molar-refractivity contribution in [3.63, 3.8) is 0 Å². The minimum Gasteiger partial charge on any atom is -1.00 e. The maximum atomic E-state index is 13.3. The molecule has 10 heterocycles. The van der Waals surface area contributed by atoms with Crippen LogP contribution in [0.2, 0.25) is 0 Å². The first-order chi connectivity index (χ1) is 64.6. The number of non-ortho nitro benzene ring substituents is 4. The van der Waals surface area contributed by atoms with Crippen LogP contribution >= 0.6 is 0 Å². The van der Waals surface area contributed by atoms with Crippen molar-refractivity contribution >= 4 is 121 Å². The van der Waals surface area contributed by atoms with Gasteiger partial charge in [0.1, 0.15) is 65.3 Å². The van der Waals surface area contributed by atoms with E-state index in [4.69, 9.17) is 14.6 Å². The average molecular weight is 1880 g/mol. The molecule has 8 aromatic heterocycles. The maximum Gasteiger partial charge on any atom is 1.00 e. The summed E-state index contributed by atoms with van der Waals surface area (Å²) in [6, 6.07) is 67.4. The fraction of sp³-hybridized carbons (Fsp3) is 0.234. The molecule has 42 heteroatoms. The van der Waals surface area contributed by atoms with Gasteiger partial charge in [-0.05, 0) is 125 Å². The van der Waals surface area contributed by atoms with Crippen molar-refractivity contribution in [2.75, 3.05) is 104 Å². The number of hydrogen-bond donors (Lipinski definition) is 4. The summed E-state index contributed by atoms with van der Waals surface area (Å²) in [6.45, 7) is 4.26. The Kier molecular flexibility index (Phi) is 32.9. The van der Waals surface area contributed by atoms with E-state index in [1.165, 1.54) is 121 Å². The van der Waals surface area contributed by atoms with Crippen LogP contribution < -0.4 is 57.1 Å². The number of quaternary nitrogens is 1. The normalized spacial score (nSPS) is 13.4. The van der Waals surface area contributed by atoms with E-state index in [9.17, 15) is 94.2 Å². The third-order valence-electron chi connectivity index (χ3n) is 21.4. The van der Waals surface area contributed by atoms with Gasteiger partial charge in [-0.15, -0.1) is 0 Å². The molecule has 4 unspecified atom stereocenters. The molecule has 0 bridgehead atoms. The number of ether oxygens (including phenoxy) is 3. The number of pyridine rings is 4. The molecule has 18 rings (SSSR count). The molecule has 16 aromatic rings. The second kappa shape index (κ2) is 44.1. The summed E-state index contributed by atoms with van der Waals surface area (Å²) < 4.78 is 55.8. The smallest absolute Gasteiger partial charge is 1.00 e. The van der Waals surface area contributed by atoms with E-state index >= 15 is 0 Å². The van der Waals surface area contributed by atoms with Crippen molar-refractivity contribution < 1.29 is 96.4 Å². The number of aromatic amines is 1. The molecule has 0 aliphatic carbocycles. The first kappa shape index (κ1) is 101. The van der Waals surface area contributed by atoms with Crippen molar-refractivity contribution in [2.24, 2.45) is 0 Å². The van der Waals surface area contributed by atoms with E-state index in [0.29, 0.717) is 86.6 Å². The molecule has 8 aromatic carbocycles. The summed E-state index contributed by atoms with van der Waals surface area (Å²) in [6.07, 6.45) is -0.479. The number of nitriles is 4. The summed E-state index contributed by atoms with van der Waals surface area (Å²) in [5.41, 5.74) is 8.30. The average Bonchev–Trinajstić information content (AvgIpc) is 1.58. The Bertz CT molecular complexity index is 7780. The second-order valence-corrected chi connectivity index (χ2v) is 33.4. The summed E-state index contributed by atoms with van der Waals surface area (Å²) in [4.78, 5) is 99.5. The fourth-order valence-electron chi connectivity index (χ4n) is 15.4. The maximum absolute atomic E-state index is 13.3. The third kappa shape index (κ3) is 22.7. The van der Waals surface area contributed by atoms with Gasteiger partial charge in [0, 0.05) is 112 Å². The number of epoxide rings is 2. The van der Waals surface area contributed by atoms with Crippen LogP contribution in [0, 0.1) is 85.8 Å². The van der Waals surface area contributed by atoms with E-state index in [0.717, 1.165) is 82.0 Å². The van der Waals surface area contributed by atoms with Crippen molar-refractivity contribution in [1.29, 1.82) is 21.0 Å². The Labute approximate surface area is 797 Å². The number of nitro groups is 4. The molecular formula is C94H91N19NaO21S+. The summed E-state index contributed by atoms with van der Waals surface area (Å²) in [5.74, 6) is 0. The molecule has 0 spiro atoms. The van der Waals surface area contributed by atoms with E-state index < -0.39 is 58.4 Å². The number of nitrogens with zero attached hydrogens (tertiary/aromatic N) is 17. The van der Waals surface area contributed by atoms with Crippen LogP contribution in [-0.4, -0.2) is 213 Å². The van der Waals surface area contributed by atoms with Crippen molar-refractivity contribution in [1.82, 2.24) is 47.2 Å². The number of nitro benzene ring substituents is 4. The Morgan fingerprint density at radius 3 is 1.09 bits per heavy atom. The number of fused-ring (bicyclic) bond motifs is 12. The van der Waals surface area contributed by atoms with Gasteiger partial charge in [-0.3, -0.25) is 86.3 Å². The number of hydrogen-bond acceptors (Lipinski definition) is 27. The van der Waals surface area contributed by atoms with Gasteiger partial charge in [-0.25, -0.2) is 0 Å². The van der Waals surface area contributed by atoms with Gasteiger partial charge in [-0.1, -0.05) is 72.8 Å². The Morgan fingerprint density at radius 2 is 0.794 bits per heavy atom. The van der Waals surface area contributed by atoms with Crippen molar-refractivity contribution in [3.8, 4) is 47.0 Å². The molecular weight excluding hydrogens is 1790 g/mol. The Balaban J connectivity index is 0.000000179. The zero-order chi connectivity index (χ0) is 97.6. The van der Waals surface area contributed by atoms with Crippen LogP contribution in [0.5, 0.6) is 0 Å². The van der Waals surface area contributed by atoms with Gasteiger partial charge >= 0.3 is 40.0 Å². The van der Waals surface area contributed by atoms with E-state index in [-0.39, 0.29) is 107 Å². The summed E-state index contributed by atoms with van der Waals surface area (Å²) in [7, 11) is 13.9. The minimum absolute atomic E-state index is 0. The SMILES string of the molecule is CN(C)CC(O)Cn1c2ccccc2c2c1cc(C#N)c(=O)n2-c1ccc([N+](=O)[O-])cc1.CNC.COC(Cn1c2ccccc2c2c1cc(C#N)c(=O)n2-c1ccc([N+](=O)[O-])cc1)C[N+](C)(C)C.COS(=O)(=O)OC.N#Cc1cc2[nH]c3ccccc3c2n(-c2ccc([N+](=O)[O-])cc2)c1=O.N#Cc1cc2c(c3ccccc3n2CC2CO2)n(-c2ccc([N+](=O)[O-])cc2)c1=O.OCC1CO1.[H-].[Na+]. The van der Waals surface area contributed by atoms with Gasteiger partial charge in [-0.2, -0.15) is 29.5 Å². The molecule has 4 atom stereocenters. The molecule has 694 valence electrons. The standard InChI is InChI=1S/C25H26N5O4.C23H21N5O4.C21H14N4O4.C18H10N4O3.C3H6O2.C2H7N.C2H6O4S.Na.H/c1-30(2,3)16-20(34-4)15-27-22-8-6-5-7-21(22)24-23(27)13-17(14-26)25(31)28(24)18-9-11-19(12-10-18)29(32)33;1-25(2)13-18(29)14-26-20-6-4-3-5-19(20)22-21(26)11-15(12-24)23(30)27(22)16-7-9-17(10-8-16)28(31)32;22-10-13-9-19-20(17-3-1-2-4-18(17)23(19)11-16-12-29-16)24(21(13)26)14-5-7-15(8-6-14)25(27)28;19-10-11-9-16-17(14-3-1-2-4-15(14)20-16)21(18(11)23)12-5-7-13(8-6-12)22(24)25;4-1-3-2-5-3;1-3-2;1-5-7(3,4)6-2;;/h5-13,20H,15-16H2,1-4H3;3-11,18,29H,13-14H2,1-2H3;1-9,16H,11-12H2;1-9,20H;3-4H,1-2H2;3H,1-2H3;1-2H3;;/q+1;;;;;;;+1;-1. The van der Waals surface area contributed by atoms with Crippen LogP contribution in [0.15, 0.2) is 238 Å². The molecule has 0 radical (unpaired) electrons. The van der Waals surface area contributed by atoms with Crippen LogP contribution in [0.1, 0.15) is 23.7 Å². The number of rotatable bonds is 22. The number of para-hydroxylation sites is 4. The zero-order valence-corrected chi connectivity index (χ0v) is 78.2. The van der Waals surface area contributed by atoms with Crippen LogP contribution in [0.25, 0.3) is 110 Å². The first-order valence-electron chi connectivity index (χ1n) is 41.3. The number of nitrogens with one attached hydrogen (secondary N) is 2. The molecule has 4 N–H and O–H groups in total. The number of aromatic nitrogens is 8. The zero-order valence-electron chi connectivity index (χ0n) is 76.4. The molecule has 2 saturated heterocycles. The van der Waals surface area contributed by atoms with Gasteiger partial charge in [0.2, 0.25) is 0 Å². The van der Waals surface area contributed by atoms with Crippen LogP contribution in [0.3, 0.4) is 0 Å². The number of methoxy groups -OCH3 is 1. The number of aliphatic hydroxyl groups is 2. The Morgan fingerprint density at radius 1 is 0.485 bits per heavy atom. The van der Waals surface area contributed by atoms with Gasteiger partial charge in [0.25, 0.3) is 45.0 Å². The number of likely N-dealkylation sites (N-methyl/N-ethyl adjacent to an activating group) is 2. The molecule has 0 saturated carbocycles. The van der Waals surface area contributed by atoms with Crippen molar-refractivity contribution in [2.45, 2.75) is 44.1 Å². The molecule has 40 nitrogen and oxygen atoms in total.